The topological polar surface area (TPSA) is 110 Å². The monoisotopic (exact) mass is 498 g/mol. The first-order chi connectivity index (χ1) is 17.4. The van der Waals surface area contributed by atoms with E-state index in [0.717, 1.165) is 11.3 Å². The van der Waals surface area contributed by atoms with Gasteiger partial charge in [-0.15, -0.1) is 10.2 Å². The molecule has 5 rings (SSSR count). The molecular weight excluding hydrogens is 476 g/mol. The zero-order valence-corrected chi connectivity index (χ0v) is 20.4. The number of hydrogen-bond donors (Lipinski definition) is 2. The van der Waals surface area contributed by atoms with E-state index < -0.39 is 0 Å². The molecule has 2 N–H and O–H groups in total. The van der Waals surface area contributed by atoms with E-state index >= 15 is 0 Å². The van der Waals surface area contributed by atoms with Crippen LogP contribution in [0.15, 0.2) is 82.7 Å². The highest BCUT2D eigenvalue weighted by atomic mass is 32.2. The van der Waals surface area contributed by atoms with Crippen LogP contribution in [0.1, 0.15) is 12.5 Å². The fraction of sp³-hybridized carbons (Fsp3) is 0.115. The summed E-state index contributed by atoms with van der Waals surface area (Å²) >= 11 is 1.23. The van der Waals surface area contributed by atoms with E-state index in [2.05, 4.69) is 20.8 Å². The minimum atomic E-state index is -0.222. The predicted molar refractivity (Wildman–Crippen MR) is 141 cm³/mol. The molecule has 10 heteroatoms. The molecule has 0 saturated heterocycles. The number of para-hydroxylation sites is 2. The Balaban J connectivity index is 1.46. The third-order valence-electron chi connectivity index (χ3n) is 5.57. The molecule has 0 spiro atoms. The number of hydrogen-bond acceptors (Lipinski definition) is 6. The van der Waals surface area contributed by atoms with Crippen molar-refractivity contribution < 1.29 is 9.59 Å². The molecule has 0 unspecified atom stereocenters. The van der Waals surface area contributed by atoms with Gasteiger partial charge in [0.15, 0.2) is 5.16 Å². The maximum Gasteiger partial charge on any atom is 0.267 e. The van der Waals surface area contributed by atoms with Gasteiger partial charge < -0.3 is 10.6 Å². The number of carbonyl (C=O) groups is 2. The molecule has 180 valence electrons. The predicted octanol–water partition coefficient (Wildman–Crippen LogP) is 4.03. The number of anilines is 2. The van der Waals surface area contributed by atoms with E-state index in [1.54, 1.807) is 34.9 Å². The number of nitrogens with one attached hydrogen (secondary N) is 2. The summed E-state index contributed by atoms with van der Waals surface area (Å²) in [5.41, 5.74) is 3.40. The molecule has 0 aliphatic heterocycles. The molecule has 0 fully saturated rings. The summed E-state index contributed by atoms with van der Waals surface area (Å²) in [6.07, 6.45) is 0. The number of aromatic nitrogens is 4. The zero-order chi connectivity index (χ0) is 25.2. The van der Waals surface area contributed by atoms with Gasteiger partial charge in [0.2, 0.25) is 17.6 Å². The molecule has 3 aromatic carbocycles. The highest BCUT2D eigenvalue weighted by Gasteiger charge is 2.19. The highest BCUT2D eigenvalue weighted by Crippen LogP contribution is 2.24. The van der Waals surface area contributed by atoms with Crippen LogP contribution in [-0.4, -0.2) is 36.7 Å². The van der Waals surface area contributed by atoms with Crippen molar-refractivity contribution in [1.82, 2.24) is 19.2 Å². The molecule has 2 aromatic heterocycles. The first-order valence-corrected chi connectivity index (χ1v) is 12.2. The molecule has 0 saturated carbocycles. The lowest BCUT2D eigenvalue weighted by Gasteiger charge is -2.13. The van der Waals surface area contributed by atoms with Crippen molar-refractivity contribution in [2.24, 2.45) is 0 Å². The maximum absolute atomic E-state index is 13.4. The Kier molecular flexibility index (Phi) is 6.26. The lowest BCUT2D eigenvalue weighted by molar-refractivity contribution is -0.114. The van der Waals surface area contributed by atoms with E-state index in [4.69, 9.17) is 0 Å². The molecule has 36 heavy (non-hydrogen) atoms. The van der Waals surface area contributed by atoms with Crippen molar-refractivity contribution in [2.45, 2.75) is 19.0 Å². The molecule has 0 aliphatic carbocycles. The first-order valence-electron chi connectivity index (χ1n) is 11.2. The van der Waals surface area contributed by atoms with E-state index in [1.165, 1.54) is 18.7 Å². The number of aryl methyl sites for hydroxylation is 1. The number of benzene rings is 3. The average molecular weight is 499 g/mol. The van der Waals surface area contributed by atoms with Crippen LogP contribution in [0, 0.1) is 6.92 Å². The molecule has 2 heterocycles. The molecule has 5 aromatic rings. The lowest BCUT2D eigenvalue weighted by atomic mass is 10.2. The molecule has 0 atom stereocenters. The van der Waals surface area contributed by atoms with Gasteiger partial charge in [-0.2, -0.15) is 0 Å². The number of carbonyl (C=O) groups excluding carboxylic acids is 2. The number of fused-ring (bicyclic) bond motifs is 3. The average Bonchev–Trinajstić information content (AvgIpc) is 3.29. The second-order valence-electron chi connectivity index (χ2n) is 8.16. The normalized spacial score (nSPS) is 11.1. The van der Waals surface area contributed by atoms with Crippen LogP contribution in [0.2, 0.25) is 0 Å². The van der Waals surface area contributed by atoms with Gasteiger partial charge in [0.1, 0.15) is 0 Å². The van der Waals surface area contributed by atoms with Gasteiger partial charge in [-0.1, -0.05) is 42.1 Å². The quantitative estimate of drug-likeness (QED) is 0.342. The zero-order valence-electron chi connectivity index (χ0n) is 19.6. The number of nitrogens with zero attached hydrogens (tertiary/aromatic N) is 4. The Bertz CT molecular complexity index is 1670. The van der Waals surface area contributed by atoms with E-state index in [0.29, 0.717) is 33.2 Å². The second-order valence-corrected chi connectivity index (χ2v) is 9.10. The number of thioether (sulfide) groups is 1. The lowest BCUT2D eigenvalue weighted by Crippen LogP contribution is -2.22. The Labute approximate surface area is 210 Å². The standard InChI is InChI=1S/C26H22N6O3S/c1-16-7-3-5-9-21(16)31-24(35)20-8-4-6-10-22(20)32-25(31)29-30-26(32)36-15-23(34)28-19-13-11-18(12-14-19)27-17(2)33/h3-14H,15H2,1-2H3,(H,27,33)(H,28,34). The van der Waals surface area contributed by atoms with Crippen LogP contribution >= 0.6 is 11.8 Å². The van der Waals surface area contributed by atoms with Crippen LogP contribution in [-0.2, 0) is 9.59 Å². The molecule has 9 nitrogen and oxygen atoms in total. The van der Waals surface area contributed by atoms with Gasteiger partial charge in [-0.05, 0) is 55.0 Å². The van der Waals surface area contributed by atoms with Gasteiger partial charge in [0.25, 0.3) is 5.56 Å². The van der Waals surface area contributed by atoms with Crippen molar-refractivity contribution in [1.29, 1.82) is 0 Å². The SMILES string of the molecule is CC(=O)Nc1ccc(NC(=O)CSc2nnc3n(-c4ccccc4C)c(=O)c4ccccc4n23)cc1. The van der Waals surface area contributed by atoms with E-state index in [-0.39, 0.29) is 23.1 Å². The number of rotatable bonds is 6. The first kappa shape index (κ1) is 23.3. The van der Waals surface area contributed by atoms with Crippen LogP contribution < -0.4 is 16.2 Å². The largest absolute Gasteiger partial charge is 0.326 e. The third kappa shape index (κ3) is 4.46. The van der Waals surface area contributed by atoms with Crippen molar-refractivity contribution in [3.8, 4) is 5.69 Å². The van der Waals surface area contributed by atoms with Gasteiger partial charge in [-0.3, -0.25) is 18.8 Å². The smallest absolute Gasteiger partial charge is 0.267 e. The van der Waals surface area contributed by atoms with Gasteiger partial charge in [0, 0.05) is 18.3 Å². The Hall–Kier alpha value is -4.44. The summed E-state index contributed by atoms with van der Waals surface area (Å²) in [5, 5.41) is 15.2. The van der Waals surface area contributed by atoms with E-state index in [1.807, 2.05) is 53.8 Å². The fourth-order valence-electron chi connectivity index (χ4n) is 3.97. The minimum absolute atomic E-state index is 0.0893. The van der Waals surface area contributed by atoms with Gasteiger partial charge in [0.05, 0.1) is 22.3 Å². The summed E-state index contributed by atoms with van der Waals surface area (Å²) in [4.78, 5) is 37.3. The Morgan fingerprint density at radius 1 is 0.889 bits per heavy atom. The van der Waals surface area contributed by atoms with Crippen molar-refractivity contribution in [3.05, 3.63) is 88.7 Å². The molecule has 0 radical (unpaired) electrons. The van der Waals surface area contributed by atoms with Crippen LogP contribution in [0.3, 0.4) is 0 Å². The number of amides is 2. The maximum atomic E-state index is 13.4. The van der Waals surface area contributed by atoms with E-state index in [9.17, 15) is 14.4 Å². The highest BCUT2D eigenvalue weighted by molar-refractivity contribution is 7.99. The van der Waals surface area contributed by atoms with Crippen LogP contribution in [0.25, 0.3) is 22.4 Å². The minimum Gasteiger partial charge on any atom is -0.326 e. The summed E-state index contributed by atoms with van der Waals surface area (Å²) in [6.45, 7) is 3.37. The molecule has 0 bridgehead atoms. The van der Waals surface area contributed by atoms with Crippen LogP contribution in [0.5, 0.6) is 0 Å². The van der Waals surface area contributed by atoms with Gasteiger partial charge >= 0.3 is 0 Å². The molecule has 2 amide bonds. The van der Waals surface area contributed by atoms with Crippen molar-refractivity contribution in [3.63, 3.8) is 0 Å². The molecular formula is C26H22N6O3S. The van der Waals surface area contributed by atoms with Crippen molar-refractivity contribution >= 4 is 51.6 Å². The molecule has 0 aliphatic rings. The second kappa shape index (κ2) is 9.67. The summed E-state index contributed by atoms with van der Waals surface area (Å²) in [6, 6.07) is 21.8. The third-order valence-corrected chi connectivity index (χ3v) is 6.50. The summed E-state index contributed by atoms with van der Waals surface area (Å²) < 4.78 is 3.37. The fourth-order valence-corrected chi connectivity index (χ4v) is 4.71. The Morgan fingerprint density at radius 2 is 1.56 bits per heavy atom. The Morgan fingerprint density at radius 3 is 2.28 bits per heavy atom. The van der Waals surface area contributed by atoms with Gasteiger partial charge in [-0.25, -0.2) is 4.57 Å². The summed E-state index contributed by atoms with van der Waals surface area (Å²) in [7, 11) is 0. The van der Waals surface area contributed by atoms with Crippen molar-refractivity contribution in [2.75, 3.05) is 16.4 Å². The summed E-state index contributed by atoms with van der Waals surface area (Å²) in [5.74, 6) is 0.0839. The van der Waals surface area contributed by atoms with Crippen LogP contribution in [0.4, 0.5) is 11.4 Å².